The summed E-state index contributed by atoms with van der Waals surface area (Å²) in [6.07, 6.45) is 0. The van der Waals surface area contributed by atoms with Crippen molar-refractivity contribution in [2.75, 3.05) is 32.8 Å². The Morgan fingerprint density at radius 1 is 1.29 bits per heavy atom. The van der Waals surface area contributed by atoms with E-state index < -0.39 is 0 Å². The van der Waals surface area contributed by atoms with Crippen LogP contribution in [0.4, 0.5) is 4.39 Å². The normalized spacial score (nSPS) is 16.2. The van der Waals surface area contributed by atoms with E-state index in [0.29, 0.717) is 4.77 Å². The average Bonchev–Trinajstić information content (AvgIpc) is 2.88. The predicted octanol–water partition coefficient (Wildman–Crippen LogP) is 0.662. The smallest absolute Gasteiger partial charge is 0.195 e. The van der Waals surface area contributed by atoms with Gasteiger partial charge < -0.3 is 9.64 Å². The van der Waals surface area contributed by atoms with E-state index in [1.54, 1.807) is 12.1 Å². The number of rotatable bonds is 4. The summed E-state index contributed by atoms with van der Waals surface area (Å²) in [6.45, 7) is 5.45. The fraction of sp³-hybridized carbons (Fsp3) is 0.429. The van der Waals surface area contributed by atoms with E-state index in [1.165, 1.54) is 17.0 Å². The van der Waals surface area contributed by atoms with Gasteiger partial charge in [0.05, 0.1) is 26.3 Å². The van der Waals surface area contributed by atoms with Crippen LogP contribution in [0.1, 0.15) is 0 Å². The Balaban J connectivity index is 1.77. The van der Waals surface area contributed by atoms with Crippen LogP contribution in [0.15, 0.2) is 24.3 Å². The van der Waals surface area contributed by atoms with Crippen molar-refractivity contribution in [1.29, 1.82) is 0 Å². The molecule has 1 aromatic carbocycles. The molecule has 0 bridgehead atoms. The van der Waals surface area contributed by atoms with Crippen LogP contribution in [0.5, 0.6) is 0 Å². The number of aromatic nitrogens is 3. The van der Waals surface area contributed by atoms with Gasteiger partial charge in [0.2, 0.25) is 0 Å². The first-order valence-electron chi connectivity index (χ1n) is 7.06. The molecule has 1 saturated heterocycles. The number of hydrogen-bond donors (Lipinski definition) is 2. The second-order valence-corrected chi connectivity index (χ2v) is 5.51. The number of nitrogens with zero attached hydrogens (tertiary/aromatic N) is 2. The highest BCUT2D eigenvalue weighted by molar-refractivity contribution is 7.71. The molecule has 0 spiro atoms. The highest BCUT2D eigenvalue weighted by Crippen LogP contribution is 2.17. The maximum Gasteiger partial charge on any atom is 0.195 e. The van der Waals surface area contributed by atoms with E-state index in [9.17, 15) is 4.39 Å². The molecule has 3 rings (SSSR count). The molecule has 0 saturated carbocycles. The molecule has 0 amide bonds. The number of nitrogens with one attached hydrogen (secondary N) is 2. The molecule has 2 N–H and O–H groups in total. The molecular formula is C14H18FN4OS+. The molecule has 2 heterocycles. The van der Waals surface area contributed by atoms with Gasteiger partial charge in [-0.15, -0.1) is 0 Å². The van der Waals surface area contributed by atoms with E-state index in [2.05, 4.69) is 10.2 Å². The molecule has 112 valence electrons. The first kappa shape index (κ1) is 14.4. The monoisotopic (exact) mass is 309 g/mol. The molecule has 1 aromatic heterocycles. The van der Waals surface area contributed by atoms with Crippen LogP contribution in [-0.2, 0) is 11.3 Å². The van der Waals surface area contributed by atoms with E-state index >= 15 is 0 Å². The van der Waals surface area contributed by atoms with Gasteiger partial charge >= 0.3 is 0 Å². The summed E-state index contributed by atoms with van der Waals surface area (Å²) in [5.74, 6) is 0.504. The van der Waals surface area contributed by atoms with Crippen LogP contribution in [-0.4, -0.2) is 47.6 Å². The van der Waals surface area contributed by atoms with Crippen molar-refractivity contribution >= 4 is 12.2 Å². The highest BCUT2D eigenvalue weighted by Gasteiger charge is 2.15. The Morgan fingerprint density at radius 2 is 2.00 bits per heavy atom. The van der Waals surface area contributed by atoms with Crippen LogP contribution >= 0.6 is 12.2 Å². The van der Waals surface area contributed by atoms with Gasteiger partial charge in [0.25, 0.3) is 0 Å². The molecule has 1 aliphatic rings. The Bertz CT molecular complexity index is 646. The standard InChI is InChI=1S/C14H17FN4OS/c15-12-3-1-11(2-4-12)13-16-17-14(21)19(13)6-5-18-7-9-20-10-8-18/h1-4H,5-10H2,(H,17,21)/p+1. The van der Waals surface area contributed by atoms with Crippen LogP contribution in [0.2, 0.25) is 0 Å². The Morgan fingerprint density at radius 3 is 2.71 bits per heavy atom. The van der Waals surface area contributed by atoms with Crippen molar-refractivity contribution in [2.24, 2.45) is 0 Å². The summed E-state index contributed by atoms with van der Waals surface area (Å²) < 4.78 is 21.0. The summed E-state index contributed by atoms with van der Waals surface area (Å²) in [6, 6.07) is 6.31. The number of hydrogen-bond acceptors (Lipinski definition) is 3. The van der Waals surface area contributed by atoms with Crippen LogP contribution < -0.4 is 4.90 Å². The van der Waals surface area contributed by atoms with E-state index in [1.807, 2.05) is 4.57 Å². The molecule has 0 aliphatic carbocycles. The van der Waals surface area contributed by atoms with Crippen LogP contribution in [0.3, 0.4) is 0 Å². The van der Waals surface area contributed by atoms with Crippen molar-refractivity contribution in [1.82, 2.24) is 14.8 Å². The van der Waals surface area contributed by atoms with Gasteiger partial charge in [-0.2, -0.15) is 5.10 Å². The first-order valence-corrected chi connectivity index (χ1v) is 7.47. The third-order valence-corrected chi connectivity index (χ3v) is 4.06. The zero-order chi connectivity index (χ0) is 14.7. The number of quaternary nitrogens is 1. The van der Waals surface area contributed by atoms with Gasteiger partial charge in [-0.1, -0.05) is 0 Å². The third-order valence-electron chi connectivity index (χ3n) is 3.75. The largest absolute Gasteiger partial charge is 0.370 e. The lowest BCUT2D eigenvalue weighted by Crippen LogP contribution is -3.14. The number of ether oxygens (including phenoxy) is 1. The summed E-state index contributed by atoms with van der Waals surface area (Å²) in [5.41, 5.74) is 0.862. The van der Waals surface area contributed by atoms with E-state index in [-0.39, 0.29) is 5.82 Å². The molecule has 0 unspecified atom stereocenters. The highest BCUT2D eigenvalue weighted by atomic mass is 32.1. The molecule has 21 heavy (non-hydrogen) atoms. The topological polar surface area (TPSA) is 47.3 Å². The SMILES string of the molecule is Fc1ccc(-c2n[nH]c(=S)n2CC[NH+]2CCOCC2)cc1. The van der Waals surface area contributed by atoms with Gasteiger partial charge in [-0.05, 0) is 36.5 Å². The van der Waals surface area contributed by atoms with E-state index in [4.69, 9.17) is 17.0 Å². The zero-order valence-electron chi connectivity index (χ0n) is 11.6. The molecule has 7 heteroatoms. The lowest BCUT2D eigenvalue weighted by molar-refractivity contribution is -0.908. The fourth-order valence-electron chi connectivity index (χ4n) is 2.52. The number of benzene rings is 1. The van der Waals surface area contributed by atoms with Crippen molar-refractivity contribution < 1.29 is 14.0 Å². The summed E-state index contributed by atoms with van der Waals surface area (Å²) in [4.78, 5) is 1.51. The average molecular weight is 309 g/mol. The molecular weight excluding hydrogens is 291 g/mol. The van der Waals surface area contributed by atoms with Crippen LogP contribution in [0.25, 0.3) is 11.4 Å². The second kappa shape index (κ2) is 6.46. The quantitative estimate of drug-likeness (QED) is 0.816. The number of morpholine rings is 1. The van der Waals surface area contributed by atoms with Crippen molar-refractivity contribution in [3.63, 3.8) is 0 Å². The van der Waals surface area contributed by atoms with Gasteiger partial charge in [0, 0.05) is 5.56 Å². The van der Waals surface area contributed by atoms with Crippen molar-refractivity contribution in [3.05, 3.63) is 34.9 Å². The molecule has 0 atom stereocenters. The fourth-order valence-corrected chi connectivity index (χ4v) is 2.75. The predicted molar refractivity (Wildman–Crippen MR) is 79.2 cm³/mol. The van der Waals surface area contributed by atoms with Gasteiger partial charge in [-0.25, -0.2) is 4.39 Å². The van der Waals surface area contributed by atoms with Gasteiger partial charge in [0.1, 0.15) is 18.9 Å². The minimum Gasteiger partial charge on any atom is -0.370 e. The minimum absolute atomic E-state index is 0.253. The molecule has 2 aromatic rings. The number of aromatic amines is 1. The maximum absolute atomic E-state index is 13.0. The zero-order valence-corrected chi connectivity index (χ0v) is 12.5. The third kappa shape index (κ3) is 3.37. The maximum atomic E-state index is 13.0. The first-order chi connectivity index (χ1) is 10.2. The van der Waals surface area contributed by atoms with Crippen molar-refractivity contribution in [3.8, 4) is 11.4 Å². The van der Waals surface area contributed by atoms with E-state index in [0.717, 1.165) is 50.8 Å². The van der Waals surface area contributed by atoms with Gasteiger partial charge in [-0.3, -0.25) is 9.67 Å². The van der Waals surface area contributed by atoms with Crippen molar-refractivity contribution in [2.45, 2.75) is 6.54 Å². The summed E-state index contributed by atoms with van der Waals surface area (Å²) in [7, 11) is 0. The minimum atomic E-state index is -0.253. The number of H-pyrrole nitrogens is 1. The summed E-state index contributed by atoms with van der Waals surface area (Å²) >= 11 is 5.30. The Hall–Kier alpha value is -1.57. The number of halogens is 1. The summed E-state index contributed by atoms with van der Waals surface area (Å²) in [5, 5.41) is 7.09. The van der Waals surface area contributed by atoms with Crippen LogP contribution in [0, 0.1) is 10.6 Å². The molecule has 0 radical (unpaired) electrons. The molecule has 1 aliphatic heterocycles. The molecule has 5 nitrogen and oxygen atoms in total. The van der Waals surface area contributed by atoms with Gasteiger partial charge in [0.15, 0.2) is 10.6 Å². The molecule has 1 fully saturated rings. The lowest BCUT2D eigenvalue weighted by atomic mass is 10.2. The second-order valence-electron chi connectivity index (χ2n) is 5.12. The lowest BCUT2D eigenvalue weighted by Gasteiger charge is -2.23. The Kier molecular flexibility index (Phi) is 4.42. The Labute approximate surface area is 127 Å².